The summed E-state index contributed by atoms with van der Waals surface area (Å²) in [6.45, 7) is 15.7. The quantitative estimate of drug-likeness (QED) is 0.453. The van der Waals surface area contributed by atoms with Crippen molar-refractivity contribution in [2.45, 2.75) is 40.3 Å². The van der Waals surface area contributed by atoms with Gasteiger partial charge in [0, 0.05) is 44.8 Å². The topological polar surface area (TPSA) is 36.0 Å². The average molecular weight is 506 g/mol. The molecule has 0 radical (unpaired) electrons. The van der Waals surface area contributed by atoms with Gasteiger partial charge in [-0.25, -0.2) is 0 Å². The van der Waals surface area contributed by atoms with Crippen molar-refractivity contribution in [2.75, 3.05) is 59.0 Å². The number of benzene rings is 2. The molecule has 0 aromatic heterocycles. The van der Waals surface area contributed by atoms with Gasteiger partial charge in [0.15, 0.2) is 0 Å². The van der Waals surface area contributed by atoms with Crippen LogP contribution in [0.15, 0.2) is 36.4 Å². The van der Waals surface area contributed by atoms with E-state index in [2.05, 4.69) is 49.6 Å². The van der Waals surface area contributed by atoms with Crippen LogP contribution >= 0.6 is 0 Å². The first-order chi connectivity index (χ1) is 17.1. The number of amides is 1. The molecule has 1 heterocycles. The molecule has 2 aromatic rings. The zero-order valence-corrected chi connectivity index (χ0v) is 21.8. The fourth-order valence-electron chi connectivity index (χ4n) is 4.54. The number of piperazine rings is 1. The summed E-state index contributed by atoms with van der Waals surface area (Å²) in [4.78, 5) is 19.1. The van der Waals surface area contributed by atoms with Gasteiger partial charge in [-0.2, -0.15) is 13.2 Å². The maximum atomic E-state index is 12.8. The maximum absolute atomic E-state index is 12.8. The lowest BCUT2D eigenvalue weighted by Crippen LogP contribution is -2.49. The Morgan fingerprint density at radius 2 is 1.58 bits per heavy atom. The second-order valence-electron chi connectivity index (χ2n) is 9.31. The standard InChI is InChI=1S/C28H38F3N3O2/c1-5-32(6-2)19-20-36-26-12-9-23(21(3)22(26)4)13-14-33-15-17-34(18-16-33)27(35)24-7-10-25(11-8-24)28(29,30)31/h7-12H,5-6,13-20H2,1-4H3. The van der Waals surface area contributed by atoms with Crippen LogP contribution < -0.4 is 4.74 Å². The molecular formula is C28H38F3N3O2. The highest BCUT2D eigenvalue weighted by Crippen LogP contribution is 2.29. The largest absolute Gasteiger partial charge is 0.492 e. The number of alkyl halides is 3. The van der Waals surface area contributed by atoms with E-state index < -0.39 is 11.7 Å². The number of carbonyl (C=O) groups excluding carboxylic acids is 1. The molecule has 0 unspecified atom stereocenters. The van der Waals surface area contributed by atoms with Crippen molar-refractivity contribution in [3.05, 3.63) is 64.2 Å². The van der Waals surface area contributed by atoms with Gasteiger partial charge >= 0.3 is 6.18 Å². The normalized spacial score (nSPS) is 14.9. The number of hydrogen-bond donors (Lipinski definition) is 0. The molecule has 0 spiro atoms. The van der Waals surface area contributed by atoms with Gasteiger partial charge in [0.25, 0.3) is 5.91 Å². The van der Waals surface area contributed by atoms with E-state index in [4.69, 9.17) is 4.74 Å². The molecule has 5 nitrogen and oxygen atoms in total. The van der Waals surface area contributed by atoms with Crippen LogP contribution in [0, 0.1) is 13.8 Å². The van der Waals surface area contributed by atoms with Gasteiger partial charge in [0.2, 0.25) is 0 Å². The Morgan fingerprint density at radius 3 is 2.17 bits per heavy atom. The number of carbonyl (C=O) groups is 1. The minimum absolute atomic E-state index is 0.216. The van der Waals surface area contributed by atoms with Crippen LogP contribution in [0.4, 0.5) is 13.2 Å². The highest BCUT2D eigenvalue weighted by Gasteiger charge is 2.30. The van der Waals surface area contributed by atoms with E-state index in [-0.39, 0.29) is 5.91 Å². The van der Waals surface area contributed by atoms with Crippen molar-refractivity contribution in [3.8, 4) is 5.75 Å². The van der Waals surface area contributed by atoms with Gasteiger partial charge in [-0.05, 0) is 80.4 Å². The smallest absolute Gasteiger partial charge is 0.416 e. The van der Waals surface area contributed by atoms with Gasteiger partial charge in [0.05, 0.1) is 5.56 Å². The van der Waals surface area contributed by atoms with Gasteiger partial charge in [-0.1, -0.05) is 19.9 Å². The van der Waals surface area contributed by atoms with Gasteiger partial charge < -0.3 is 14.5 Å². The summed E-state index contributed by atoms with van der Waals surface area (Å²) < 4.78 is 44.4. The monoisotopic (exact) mass is 505 g/mol. The lowest BCUT2D eigenvalue weighted by Gasteiger charge is -2.35. The molecular weight excluding hydrogens is 467 g/mol. The number of ether oxygens (including phenoxy) is 1. The average Bonchev–Trinajstić information content (AvgIpc) is 2.88. The fourth-order valence-corrected chi connectivity index (χ4v) is 4.54. The van der Waals surface area contributed by atoms with Crippen LogP contribution in [0.1, 0.15) is 46.5 Å². The van der Waals surface area contributed by atoms with Crippen molar-refractivity contribution in [3.63, 3.8) is 0 Å². The summed E-state index contributed by atoms with van der Waals surface area (Å²) in [5, 5.41) is 0. The number of nitrogens with zero attached hydrogens (tertiary/aromatic N) is 3. The molecule has 1 fully saturated rings. The molecule has 2 aromatic carbocycles. The molecule has 1 saturated heterocycles. The third-order valence-corrected chi connectivity index (χ3v) is 7.23. The maximum Gasteiger partial charge on any atom is 0.416 e. The van der Waals surface area contributed by atoms with Crippen molar-refractivity contribution in [2.24, 2.45) is 0 Å². The molecule has 1 aliphatic heterocycles. The van der Waals surface area contributed by atoms with E-state index in [0.717, 1.165) is 63.6 Å². The summed E-state index contributed by atoms with van der Waals surface area (Å²) in [6, 6.07) is 8.68. The third-order valence-electron chi connectivity index (χ3n) is 7.23. The highest BCUT2D eigenvalue weighted by molar-refractivity contribution is 5.94. The lowest BCUT2D eigenvalue weighted by atomic mass is 9.99. The Bertz CT molecular complexity index is 996. The Balaban J connectivity index is 1.47. The van der Waals surface area contributed by atoms with E-state index in [9.17, 15) is 18.0 Å². The molecule has 198 valence electrons. The molecule has 0 bridgehead atoms. The van der Waals surface area contributed by atoms with Crippen molar-refractivity contribution in [1.82, 2.24) is 14.7 Å². The summed E-state index contributed by atoms with van der Waals surface area (Å²) in [5.41, 5.74) is 3.29. The van der Waals surface area contributed by atoms with E-state index >= 15 is 0 Å². The molecule has 0 aliphatic carbocycles. The molecule has 0 atom stereocenters. The van der Waals surface area contributed by atoms with E-state index in [0.29, 0.717) is 25.3 Å². The minimum atomic E-state index is -4.40. The zero-order chi connectivity index (χ0) is 26.3. The lowest BCUT2D eigenvalue weighted by molar-refractivity contribution is -0.137. The molecule has 36 heavy (non-hydrogen) atoms. The fraction of sp³-hybridized carbons (Fsp3) is 0.536. The first-order valence-corrected chi connectivity index (χ1v) is 12.8. The Labute approximate surface area is 212 Å². The van der Waals surface area contributed by atoms with Crippen LogP contribution in [-0.4, -0.2) is 79.6 Å². The number of hydrogen-bond acceptors (Lipinski definition) is 4. The molecule has 1 aliphatic rings. The van der Waals surface area contributed by atoms with E-state index in [1.165, 1.54) is 28.8 Å². The first kappa shape index (κ1) is 28.0. The first-order valence-electron chi connectivity index (χ1n) is 12.8. The predicted octanol–water partition coefficient (Wildman–Crippen LogP) is 5.04. The van der Waals surface area contributed by atoms with Crippen LogP contribution in [0.5, 0.6) is 5.75 Å². The Hall–Kier alpha value is -2.58. The van der Waals surface area contributed by atoms with Crippen LogP contribution in [-0.2, 0) is 12.6 Å². The third kappa shape index (κ3) is 7.23. The van der Waals surface area contributed by atoms with Crippen LogP contribution in [0.25, 0.3) is 0 Å². The van der Waals surface area contributed by atoms with Crippen LogP contribution in [0.2, 0.25) is 0 Å². The minimum Gasteiger partial charge on any atom is -0.492 e. The number of rotatable bonds is 10. The van der Waals surface area contributed by atoms with E-state index in [1.807, 2.05) is 0 Å². The molecule has 0 N–H and O–H groups in total. The van der Waals surface area contributed by atoms with Gasteiger partial charge in [-0.3, -0.25) is 9.69 Å². The zero-order valence-electron chi connectivity index (χ0n) is 21.8. The molecule has 1 amide bonds. The highest BCUT2D eigenvalue weighted by atomic mass is 19.4. The van der Waals surface area contributed by atoms with Crippen molar-refractivity contribution >= 4 is 5.91 Å². The Kier molecular flexibility index (Phi) is 9.79. The molecule has 3 rings (SSSR count). The second-order valence-corrected chi connectivity index (χ2v) is 9.31. The van der Waals surface area contributed by atoms with Gasteiger partial charge in [-0.15, -0.1) is 0 Å². The molecule has 8 heteroatoms. The molecule has 0 saturated carbocycles. The number of likely N-dealkylation sites (N-methyl/N-ethyl adjacent to an activating group) is 1. The Morgan fingerprint density at radius 1 is 0.944 bits per heavy atom. The van der Waals surface area contributed by atoms with Crippen LogP contribution in [0.3, 0.4) is 0 Å². The summed E-state index contributed by atoms with van der Waals surface area (Å²) in [7, 11) is 0. The second kappa shape index (κ2) is 12.6. The van der Waals surface area contributed by atoms with Crippen molar-refractivity contribution < 1.29 is 22.7 Å². The number of halogens is 3. The van der Waals surface area contributed by atoms with Crippen molar-refractivity contribution in [1.29, 1.82) is 0 Å². The predicted molar refractivity (Wildman–Crippen MR) is 137 cm³/mol. The van der Waals surface area contributed by atoms with Gasteiger partial charge in [0.1, 0.15) is 12.4 Å². The summed E-state index contributed by atoms with van der Waals surface area (Å²) in [5.74, 6) is 0.727. The summed E-state index contributed by atoms with van der Waals surface area (Å²) >= 11 is 0. The van der Waals surface area contributed by atoms with E-state index in [1.54, 1.807) is 4.90 Å². The SMILES string of the molecule is CCN(CC)CCOc1ccc(CCN2CCN(C(=O)c3ccc(C(F)(F)F)cc3)CC2)c(C)c1C. The summed E-state index contributed by atoms with van der Waals surface area (Å²) in [6.07, 6.45) is -3.48.